The molecule has 11 heteroatoms. The third kappa shape index (κ3) is 8.86. The predicted octanol–water partition coefficient (Wildman–Crippen LogP) is 6.50. The molecule has 0 aromatic heterocycles. The van der Waals surface area contributed by atoms with Crippen molar-refractivity contribution >= 4 is 62.3 Å². The SMILES string of the molecule is CS(=O)(=O)N(CC(=O)N(Cc1ccc(Cl)c(Cl)c1)C(Cc1ccccc1)C(=O)NC1CCCCC1)c1ccc(Cl)cc1. The van der Waals surface area contributed by atoms with Gasteiger partial charge in [-0.2, -0.15) is 0 Å². The molecule has 1 unspecified atom stereocenters. The highest BCUT2D eigenvalue weighted by Gasteiger charge is 2.34. The first kappa shape index (κ1) is 32.1. The highest BCUT2D eigenvalue weighted by molar-refractivity contribution is 7.92. The topological polar surface area (TPSA) is 86.8 Å². The van der Waals surface area contributed by atoms with Crippen molar-refractivity contribution in [1.82, 2.24) is 10.2 Å². The first-order chi connectivity index (χ1) is 20.0. The fourth-order valence-corrected chi connectivity index (χ4v) is 6.45. The van der Waals surface area contributed by atoms with E-state index in [0.29, 0.717) is 20.6 Å². The molecule has 1 atom stereocenters. The van der Waals surface area contributed by atoms with Crippen molar-refractivity contribution in [3.8, 4) is 0 Å². The summed E-state index contributed by atoms with van der Waals surface area (Å²) in [5.74, 6) is -0.822. The number of hydrogen-bond donors (Lipinski definition) is 1. The van der Waals surface area contributed by atoms with Crippen molar-refractivity contribution in [2.75, 3.05) is 17.1 Å². The summed E-state index contributed by atoms with van der Waals surface area (Å²) in [5.41, 5.74) is 1.81. The lowest BCUT2D eigenvalue weighted by molar-refractivity contribution is -0.140. The molecule has 7 nitrogen and oxygen atoms in total. The molecule has 3 aromatic rings. The lowest BCUT2D eigenvalue weighted by Crippen LogP contribution is -2.55. The minimum atomic E-state index is -3.87. The van der Waals surface area contributed by atoms with E-state index in [1.54, 1.807) is 30.3 Å². The summed E-state index contributed by atoms with van der Waals surface area (Å²) in [6.45, 7) is -0.493. The molecule has 0 aliphatic heterocycles. The Kier molecular flexibility index (Phi) is 11.2. The predicted molar refractivity (Wildman–Crippen MR) is 170 cm³/mol. The smallest absolute Gasteiger partial charge is 0.244 e. The fraction of sp³-hybridized carbons (Fsp3) is 0.355. The third-order valence-electron chi connectivity index (χ3n) is 7.35. The van der Waals surface area contributed by atoms with Crippen LogP contribution in [0.4, 0.5) is 5.69 Å². The molecule has 42 heavy (non-hydrogen) atoms. The largest absolute Gasteiger partial charge is 0.352 e. The monoisotopic (exact) mass is 649 g/mol. The van der Waals surface area contributed by atoms with E-state index >= 15 is 0 Å². The minimum absolute atomic E-state index is 0.0174. The Balaban J connectivity index is 1.73. The number of halogens is 3. The summed E-state index contributed by atoms with van der Waals surface area (Å²) in [7, 11) is -3.87. The van der Waals surface area contributed by atoms with Gasteiger partial charge in [-0.25, -0.2) is 8.42 Å². The number of nitrogens with one attached hydrogen (secondary N) is 1. The molecule has 0 heterocycles. The van der Waals surface area contributed by atoms with Crippen molar-refractivity contribution in [3.05, 3.63) is 99.0 Å². The molecule has 1 N–H and O–H groups in total. The van der Waals surface area contributed by atoms with Crippen LogP contribution in [0.3, 0.4) is 0 Å². The maximum absolute atomic E-state index is 14.2. The standard InChI is InChI=1S/C31H34Cl3N3O4S/c1-42(40,41)37(26-15-13-24(32)14-16-26)21-30(38)36(20-23-12-17-27(33)28(34)18-23)29(19-22-8-4-2-5-9-22)31(39)35-25-10-6-3-7-11-25/h2,4-5,8-9,12-18,25,29H,3,6-7,10-11,19-21H2,1H3,(H,35,39). The van der Waals surface area contributed by atoms with E-state index in [9.17, 15) is 18.0 Å². The average molecular weight is 651 g/mol. The maximum atomic E-state index is 14.2. The van der Waals surface area contributed by atoms with Crippen LogP contribution in [0.15, 0.2) is 72.8 Å². The number of nitrogens with zero attached hydrogens (tertiary/aromatic N) is 2. The zero-order valence-corrected chi connectivity index (χ0v) is 26.4. The van der Waals surface area contributed by atoms with Crippen molar-refractivity contribution < 1.29 is 18.0 Å². The van der Waals surface area contributed by atoms with E-state index in [0.717, 1.165) is 48.2 Å². The summed E-state index contributed by atoms with van der Waals surface area (Å²) in [6, 6.07) is 19.8. The van der Waals surface area contributed by atoms with Gasteiger partial charge >= 0.3 is 0 Å². The number of sulfonamides is 1. The van der Waals surface area contributed by atoms with Crippen LogP contribution in [0, 0.1) is 0 Å². The summed E-state index contributed by atoms with van der Waals surface area (Å²) >= 11 is 18.5. The second-order valence-electron chi connectivity index (χ2n) is 10.6. The van der Waals surface area contributed by atoms with E-state index < -0.39 is 28.5 Å². The van der Waals surface area contributed by atoms with Crippen molar-refractivity contribution in [2.45, 2.75) is 57.2 Å². The molecule has 224 valence electrons. The van der Waals surface area contributed by atoms with Crippen LogP contribution in [0.5, 0.6) is 0 Å². The molecule has 1 saturated carbocycles. The van der Waals surface area contributed by atoms with E-state index in [4.69, 9.17) is 34.8 Å². The van der Waals surface area contributed by atoms with Gasteiger partial charge in [0.15, 0.2) is 0 Å². The molecule has 2 amide bonds. The molecule has 3 aromatic carbocycles. The Labute approximate surface area is 262 Å². The Morgan fingerprint density at radius 2 is 1.55 bits per heavy atom. The Hall–Kier alpha value is -2.78. The van der Waals surface area contributed by atoms with Crippen molar-refractivity contribution in [3.63, 3.8) is 0 Å². The van der Waals surface area contributed by atoms with Gasteiger partial charge in [0.1, 0.15) is 12.6 Å². The minimum Gasteiger partial charge on any atom is -0.352 e. The fourth-order valence-electron chi connectivity index (χ4n) is 5.15. The number of benzene rings is 3. The molecule has 4 rings (SSSR count). The third-order valence-corrected chi connectivity index (χ3v) is 9.48. The normalized spacial score (nSPS) is 14.7. The molecule has 0 bridgehead atoms. The number of carbonyl (C=O) groups excluding carboxylic acids is 2. The zero-order valence-electron chi connectivity index (χ0n) is 23.3. The van der Waals surface area contributed by atoms with Gasteiger partial charge in [0, 0.05) is 24.0 Å². The summed E-state index contributed by atoms with van der Waals surface area (Å²) in [6.07, 6.45) is 6.23. The lowest BCUT2D eigenvalue weighted by atomic mass is 9.94. The van der Waals surface area contributed by atoms with Gasteiger partial charge in [-0.05, 0) is 60.4 Å². The number of carbonyl (C=O) groups is 2. The molecule has 1 fully saturated rings. The first-order valence-electron chi connectivity index (χ1n) is 13.8. The van der Waals surface area contributed by atoms with Gasteiger partial charge in [0.25, 0.3) is 0 Å². The molecule has 0 saturated heterocycles. The van der Waals surface area contributed by atoms with Crippen molar-refractivity contribution in [1.29, 1.82) is 0 Å². The molecule has 1 aliphatic rings. The van der Waals surface area contributed by atoms with Crippen LogP contribution in [0.25, 0.3) is 0 Å². The average Bonchev–Trinajstić information content (AvgIpc) is 2.96. The van der Waals surface area contributed by atoms with Gasteiger partial charge in [-0.3, -0.25) is 13.9 Å². The van der Waals surface area contributed by atoms with Crippen molar-refractivity contribution in [2.24, 2.45) is 0 Å². The van der Waals surface area contributed by atoms with E-state index in [2.05, 4.69) is 5.32 Å². The van der Waals surface area contributed by atoms with Gasteiger partial charge in [-0.1, -0.05) is 90.5 Å². The number of rotatable bonds is 11. The molecule has 0 spiro atoms. The quantitative estimate of drug-likeness (QED) is 0.257. The van der Waals surface area contributed by atoms with Crippen LogP contribution < -0.4 is 9.62 Å². The van der Waals surface area contributed by atoms with Crippen LogP contribution >= 0.6 is 34.8 Å². The molecule has 1 aliphatic carbocycles. The summed E-state index contributed by atoms with van der Waals surface area (Å²) < 4.78 is 26.8. The Morgan fingerprint density at radius 1 is 0.881 bits per heavy atom. The van der Waals surface area contributed by atoms with Crippen LogP contribution in [0.2, 0.25) is 15.1 Å². The van der Waals surface area contributed by atoms with Crippen LogP contribution in [-0.2, 0) is 32.6 Å². The highest BCUT2D eigenvalue weighted by Crippen LogP contribution is 2.26. The Morgan fingerprint density at radius 3 is 2.17 bits per heavy atom. The lowest BCUT2D eigenvalue weighted by Gasteiger charge is -2.35. The second kappa shape index (κ2) is 14.6. The molecule has 0 radical (unpaired) electrons. The van der Waals surface area contributed by atoms with Crippen LogP contribution in [0.1, 0.15) is 43.2 Å². The summed E-state index contributed by atoms with van der Waals surface area (Å²) in [5, 5.41) is 4.28. The zero-order chi connectivity index (χ0) is 30.3. The molecular formula is C31H34Cl3N3O4S. The first-order valence-corrected chi connectivity index (χ1v) is 16.8. The Bertz CT molecular complexity index is 1480. The number of anilines is 1. The van der Waals surface area contributed by atoms with E-state index in [1.165, 1.54) is 17.0 Å². The second-order valence-corrected chi connectivity index (χ2v) is 13.7. The van der Waals surface area contributed by atoms with Gasteiger partial charge < -0.3 is 10.2 Å². The van der Waals surface area contributed by atoms with Gasteiger partial charge in [0.2, 0.25) is 21.8 Å². The maximum Gasteiger partial charge on any atom is 0.244 e. The highest BCUT2D eigenvalue weighted by atomic mass is 35.5. The molecular weight excluding hydrogens is 617 g/mol. The van der Waals surface area contributed by atoms with Crippen LogP contribution in [-0.4, -0.2) is 50.0 Å². The summed E-state index contributed by atoms with van der Waals surface area (Å²) in [4.78, 5) is 29.6. The number of hydrogen-bond acceptors (Lipinski definition) is 4. The van der Waals surface area contributed by atoms with Gasteiger partial charge in [0.05, 0.1) is 22.0 Å². The number of amides is 2. The van der Waals surface area contributed by atoms with E-state index in [1.807, 2.05) is 30.3 Å². The van der Waals surface area contributed by atoms with Gasteiger partial charge in [-0.15, -0.1) is 0 Å². The van der Waals surface area contributed by atoms with E-state index in [-0.39, 0.29) is 30.6 Å².